The second kappa shape index (κ2) is 10.1. The number of rotatable bonds is 6. The highest BCUT2D eigenvalue weighted by Crippen LogP contribution is 2.44. The normalized spacial score (nSPS) is 26.6. The van der Waals surface area contributed by atoms with Crippen molar-refractivity contribution in [3.05, 3.63) is 52.6 Å². The molecule has 38 heavy (non-hydrogen) atoms. The number of amides is 3. The zero-order valence-corrected chi connectivity index (χ0v) is 21.8. The fourth-order valence-corrected chi connectivity index (χ4v) is 5.51. The van der Waals surface area contributed by atoms with Crippen LogP contribution in [-0.4, -0.2) is 98.2 Å². The Bertz CT molecular complexity index is 1250. The monoisotopic (exact) mass is 524 g/mol. The first kappa shape index (κ1) is 26.3. The Morgan fingerprint density at radius 1 is 1.13 bits per heavy atom. The SMILES string of the molecule is C[C@@H]1CN(C(=O)Nc2ccn(-c3ccc(CN4CC5C(N)C5C4)cc3)c(=O)n2)CCN1C(=O)[C@@](C)(N)CO. The molecule has 4 atom stereocenters. The fourth-order valence-electron chi connectivity index (χ4n) is 5.51. The minimum absolute atomic E-state index is 0.152. The number of benzene rings is 1. The summed E-state index contributed by atoms with van der Waals surface area (Å²) in [6.45, 7) is 6.67. The number of piperazine rings is 1. The van der Waals surface area contributed by atoms with Crippen LogP contribution in [0.4, 0.5) is 10.6 Å². The number of aromatic nitrogens is 2. The van der Waals surface area contributed by atoms with Crippen molar-refractivity contribution in [3.63, 3.8) is 0 Å². The van der Waals surface area contributed by atoms with Gasteiger partial charge in [-0.3, -0.25) is 19.6 Å². The maximum absolute atomic E-state index is 12.8. The maximum Gasteiger partial charge on any atom is 0.354 e. The Labute approximate surface area is 221 Å². The summed E-state index contributed by atoms with van der Waals surface area (Å²) in [6, 6.07) is 9.09. The van der Waals surface area contributed by atoms with Crippen molar-refractivity contribution in [2.45, 2.75) is 38.0 Å². The zero-order chi connectivity index (χ0) is 27.2. The van der Waals surface area contributed by atoms with E-state index in [9.17, 15) is 19.5 Å². The van der Waals surface area contributed by atoms with Gasteiger partial charge in [-0.25, -0.2) is 9.59 Å². The molecule has 2 aromatic rings. The zero-order valence-electron chi connectivity index (χ0n) is 21.8. The molecule has 1 saturated carbocycles. The average molecular weight is 525 g/mol. The Balaban J connectivity index is 1.16. The third-order valence-corrected chi connectivity index (χ3v) is 7.99. The van der Waals surface area contributed by atoms with Gasteiger partial charge in [-0.1, -0.05) is 12.1 Å². The second-order valence-corrected chi connectivity index (χ2v) is 11.0. The van der Waals surface area contributed by atoms with Crippen LogP contribution in [0.3, 0.4) is 0 Å². The minimum atomic E-state index is -1.37. The summed E-state index contributed by atoms with van der Waals surface area (Å²) in [5.41, 5.74) is 11.9. The van der Waals surface area contributed by atoms with E-state index >= 15 is 0 Å². The first-order valence-electron chi connectivity index (χ1n) is 13.0. The van der Waals surface area contributed by atoms with Crippen LogP contribution >= 0.6 is 0 Å². The molecule has 1 aromatic carbocycles. The molecule has 1 aliphatic carbocycles. The predicted molar refractivity (Wildman–Crippen MR) is 142 cm³/mol. The van der Waals surface area contributed by atoms with E-state index in [1.165, 1.54) is 17.1 Å². The van der Waals surface area contributed by atoms with Gasteiger partial charge >= 0.3 is 11.7 Å². The number of hydrogen-bond acceptors (Lipinski definition) is 8. The first-order chi connectivity index (χ1) is 18.1. The molecule has 3 fully saturated rings. The lowest BCUT2D eigenvalue weighted by atomic mass is 10.0. The summed E-state index contributed by atoms with van der Waals surface area (Å²) < 4.78 is 1.43. The predicted octanol–water partition coefficient (Wildman–Crippen LogP) is -0.604. The van der Waals surface area contributed by atoms with Crippen molar-refractivity contribution < 1.29 is 14.7 Å². The summed E-state index contributed by atoms with van der Waals surface area (Å²) >= 11 is 0. The Morgan fingerprint density at radius 3 is 2.42 bits per heavy atom. The van der Waals surface area contributed by atoms with E-state index in [0.717, 1.165) is 19.6 Å². The molecule has 0 spiro atoms. The van der Waals surface area contributed by atoms with E-state index in [1.54, 1.807) is 22.1 Å². The third kappa shape index (κ3) is 5.17. The Kier molecular flexibility index (Phi) is 6.99. The van der Waals surface area contributed by atoms with Crippen LogP contribution in [0.15, 0.2) is 41.3 Å². The highest BCUT2D eigenvalue weighted by atomic mass is 16.3. The molecule has 5 rings (SSSR count). The van der Waals surface area contributed by atoms with E-state index in [1.807, 2.05) is 31.2 Å². The van der Waals surface area contributed by atoms with E-state index in [-0.39, 0.29) is 30.9 Å². The van der Waals surface area contributed by atoms with Gasteiger partial charge in [-0.05, 0) is 49.4 Å². The van der Waals surface area contributed by atoms with Crippen molar-refractivity contribution in [3.8, 4) is 5.69 Å². The number of hydrogen-bond donors (Lipinski definition) is 4. The Hall–Kier alpha value is -3.32. The van der Waals surface area contributed by atoms with Gasteiger partial charge in [0.25, 0.3) is 0 Å². The lowest BCUT2D eigenvalue weighted by Gasteiger charge is -2.42. The van der Waals surface area contributed by atoms with Gasteiger partial charge in [0.15, 0.2) is 0 Å². The molecule has 3 heterocycles. The van der Waals surface area contributed by atoms with E-state index in [0.29, 0.717) is 30.1 Å². The average Bonchev–Trinajstić information content (AvgIpc) is 3.28. The number of urea groups is 1. The van der Waals surface area contributed by atoms with Crippen molar-refractivity contribution in [1.82, 2.24) is 24.3 Å². The number of nitrogens with two attached hydrogens (primary N) is 2. The van der Waals surface area contributed by atoms with Crippen molar-refractivity contribution in [2.75, 3.05) is 44.6 Å². The number of aliphatic hydroxyl groups is 1. The van der Waals surface area contributed by atoms with Crippen molar-refractivity contribution >= 4 is 17.8 Å². The molecule has 204 valence electrons. The molecule has 12 heteroatoms. The lowest BCUT2D eigenvalue weighted by molar-refractivity contribution is -0.141. The van der Waals surface area contributed by atoms with Crippen LogP contribution in [0.5, 0.6) is 0 Å². The molecule has 12 nitrogen and oxygen atoms in total. The third-order valence-electron chi connectivity index (χ3n) is 7.99. The van der Waals surface area contributed by atoms with Crippen molar-refractivity contribution in [1.29, 1.82) is 0 Å². The highest BCUT2D eigenvalue weighted by Gasteiger charge is 2.53. The van der Waals surface area contributed by atoms with Crippen LogP contribution in [0, 0.1) is 11.8 Å². The van der Waals surface area contributed by atoms with E-state index < -0.39 is 23.9 Å². The molecule has 3 aliphatic rings. The number of nitrogens with zero attached hydrogens (tertiary/aromatic N) is 5. The largest absolute Gasteiger partial charge is 0.394 e. The number of carbonyl (C=O) groups excluding carboxylic acids is 2. The maximum atomic E-state index is 12.8. The summed E-state index contributed by atoms with van der Waals surface area (Å²) in [7, 11) is 0. The fraction of sp³-hybridized carbons (Fsp3) is 0.538. The van der Waals surface area contributed by atoms with E-state index in [4.69, 9.17) is 11.5 Å². The van der Waals surface area contributed by atoms with Crippen LogP contribution < -0.4 is 22.5 Å². The van der Waals surface area contributed by atoms with Gasteiger partial charge in [0.2, 0.25) is 5.91 Å². The standard InChI is InChI=1S/C26H36N8O4/c1-16-11-32(9-10-33(16)23(36)26(2,28)15-35)24(37)29-21-7-8-34(25(38)30-21)18-5-3-17(4-6-18)12-31-13-19-20(14-31)22(19)27/h3-8,16,19-20,22,35H,9-15,27-28H2,1-2H3,(H,29,30,37,38)/t16-,19?,20?,22?,26+/m1/s1. The van der Waals surface area contributed by atoms with Crippen LogP contribution in [0.1, 0.15) is 19.4 Å². The van der Waals surface area contributed by atoms with Gasteiger partial charge in [-0.2, -0.15) is 4.98 Å². The van der Waals surface area contributed by atoms with Crippen LogP contribution in [-0.2, 0) is 11.3 Å². The van der Waals surface area contributed by atoms with Gasteiger partial charge in [0, 0.05) is 57.5 Å². The second-order valence-electron chi connectivity index (χ2n) is 11.0. The molecular formula is C26H36N8O4. The summed E-state index contributed by atoms with van der Waals surface area (Å²) in [6.07, 6.45) is 1.59. The number of anilines is 1. The Morgan fingerprint density at radius 2 is 1.82 bits per heavy atom. The summed E-state index contributed by atoms with van der Waals surface area (Å²) in [5.74, 6) is 1.09. The topological polar surface area (TPSA) is 163 Å². The highest BCUT2D eigenvalue weighted by molar-refractivity contribution is 5.89. The quantitative estimate of drug-likeness (QED) is 0.389. The molecule has 2 unspecified atom stereocenters. The summed E-state index contributed by atoms with van der Waals surface area (Å²) in [4.78, 5) is 47.7. The first-order valence-corrected chi connectivity index (χ1v) is 13.0. The number of likely N-dealkylation sites (tertiary alicyclic amines) is 1. The molecule has 2 saturated heterocycles. The molecule has 0 radical (unpaired) electrons. The van der Waals surface area contributed by atoms with E-state index in [2.05, 4.69) is 15.2 Å². The van der Waals surface area contributed by atoms with Crippen LogP contribution in [0.25, 0.3) is 5.69 Å². The molecule has 0 bridgehead atoms. The molecule has 2 aliphatic heterocycles. The van der Waals surface area contributed by atoms with Crippen LogP contribution in [0.2, 0.25) is 0 Å². The van der Waals surface area contributed by atoms with Gasteiger partial charge < -0.3 is 26.4 Å². The number of nitrogens with one attached hydrogen (secondary N) is 1. The number of carbonyl (C=O) groups is 2. The molecule has 3 amide bonds. The number of aliphatic hydroxyl groups excluding tert-OH is 1. The lowest BCUT2D eigenvalue weighted by Crippen LogP contribution is -2.63. The minimum Gasteiger partial charge on any atom is -0.394 e. The van der Waals surface area contributed by atoms with Gasteiger partial charge in [-0.15, -0.1) is 0 Å². The number of fused-ring (bicyclic) bond motifs is 1. The summed E-state index contributed by atoms with van der Waals surface area (Å²) in [5, 5.41) is 12.1. The number of piperidine rings is 1. The van der Waals surface area contributed by atoms with Gasteiger partial charge in [0.05, 0.1) is 12.3 Å². The molecule has 1 aromatic heterocycles. The molecular weight excluding hydrogens is 488 g/mol. The van der Waals surface area contributed by atoms with Gasteiger partial charge in [0.1, 0.15) is 11.4 Å². The molecule has 6 N–H and O–H groups in total. The van der Waals surface area contributed by atoms with Crippen molar-refractivity contribution in [2.24, 2.45) is 23.3 Å². The smallest absolute Gasteiger partial charge is 0.354 e.